The Morgan fingerprint density at radius 3 is 2.57 bits per heavy atom. The van der Waals surface area contributed by atoms with E-state index >= 15 is 0 Å². The zero-order valence-corrected chi connectivity index (χ0v) is 19.7. The number of amides is 2. The molecular formula is C27H29N5O3. The molecule has 35 heavy (non-hydrogen) atoms. The Bertz CT molecular complexity index is 1190. The smallest absolute Gasteiger partial charge is 0.254 e. The normalized spacial score (nSPS) is 12.0. The number of benzene rings is 1. The van der Waals surface area contributed by atoms with Crippen LogP contribution in [0.4, 0.5) is 11.6 Å². The maximum absolute atomic E-state index is 12.5. The number of anilines is 2. The van der Waals surface area contributed by atoms with E-state index in [-0.39, 0.29) is 11.8 Å². The lowest BCUT2D eigenvalue weighted by molar-refractivity contribution is -0.129. The van der Waals surface area contributed by atoms with Crippen molar-refractivity contribution in [1.29, 1.82) is 0 Å². The molecule has 0 bridgehead atoms. The standard InChI is InChI=1S/C27H29N5O3/c1-21-13-10-11-16-24(21)32(23-14-7-3-2-4-8-15-23)27-29-19-22(20-30-27)26(34)28-18-12-6-5-9-17-25(33)31-35/h3-4,7-8,10-11,13-14,16,19-20,35H,5-6,9,12,17-18H2,1H3,(H,28,34)(H,31,33). The van der Waals surface area contributed by atoms with Crippen molar-refractivity contribution in [2.45, 2.75) is 39.0 Å². The molecule has 8 nitrogen and oxygen atoms in total. The number of allylic oxidation sites excluding steroid dienone is 3. The van der Waals surface area contributed by atoms with E-state index in [1.54, 1.807) is 17.6 Å². The zero-order chi connectivity index (χ0) is 24.9. The lowest BCUT2D eigenvalue weighted by atomic mass is 10.1. The highest BCUT2D eigenvalue weighted by Crippen LogP contribution is 2.30. The van der Waals surface area contributed by atoms with Crippen LogP contribution in [0.3, 0.4) is 0 Å². The monoisotopic (exact) mass is 471 g/mol. The molecule has 1 aromatic heterocycles. The topological polar surface area (TPSA) is 107 Å². The van der Waals surface area contributed by atoms with Crippen LogP contribution in [0, 0.1) is 6.92 Å². The third kappa shape index (κ3) is 7.66. The van der Waals surface area contributed by atoms with Crippen LogP contribution >= 0.6 is 0 Å². The number of aromatic nitrogens is 2. The number of nitrogens with zero attached hydrogens (tertiary/aromatic N) is 3. The summed E-state index contributed by atoms with van der Waals surface area (Å²) in [6, 6.07) is 7.93. The SMILES string of the molecule is Cc1ccccc1N(C1=C=CC=C=CC=C1)c1ncc(C(=O)NCCCCCCC(=O)NO)cn1. The number of aryl methyl sites for hydroxylation is 1. The van der Waals surface area contributed by atoms with E-state index in [9.17, 15) is 9.59 Å². The van der Waals surface area contributed by atoms with Gasteiger partial charge in [0.2, 0.25) is 11.9 Å². The minimum atomic E-state index is -0.380. The molecular weight excluding hydrogens is 442 g/mol. The summed E-state index contributed by atoms with van der Waals surface area (Å²) >= 11 is 0. The fourth-order valence-electron chi connectivity index (χ4n) is 3.45. The first-order chi connectivity index (χ1) is 17.1. The molecule has 0 saturated heterocycles. The van der Waals surface area contributed by atoms with Crippen molar-refractivity contribution in [3.8, 4) is 0 Å². The highest BCUT2D eigenvalue weighted by Gasteiger charge is 2.18. The fourth-order valence-corrected chi connectivity index (χ4v) is 3.45. The molecule has 1 aliphatic carbocycles. The van der Waals surface area contributed by atoms with Gasteiger partial charge in [-0.3, -0.25) is 19.7 Å². The lowest BCUT2D eigenvalue weighted by Crippen LogP contribution is -2.25. The Balaban J connectivity index is 1.66. The van der Waals surface area contributed by atoms with Gasteiger partial charge in [-0.15, -0.1) is 5.73 Å². The number of carbonyl (C=O) groups is 2. The van der Waals surface area contributed by atoms with Gasteiger partial charge in [0.25, 0.3) is 5.91 Å². The summed E-state index contributed by atoms with van der Waals surface area (Å²) in [4.78, 5) is 34.4. The van der Waals surface area contributed by atoms with Crippen LogP contribution in [0.1, 0.15) is 48.0 Å². The number of nitrogens with one attached hydrogen (secondary N) is 2. The molecule has 0 unspecified atom stereocenters. The average molecular weight is 472 g/mol. The molecule has 1 heterocycles. The van der Waals surface area contributed by atoms with Crippen LogP contribution in [0.25, 0.3) is 0 Å². The second-order valence-corrected chi connectivity index (χ2v) is 7.90. The highest BCUT2D eigenvalue weighted by molar-refractivity contribution is 5.93. The third-order valence-electron chi connectivity index (χ3n) is 5.30. The number of carbonyl (C=O) groups excluding carboxylic acids is 2. The number of hydroxylamine groups is 1. The molecule has 180 valence electrons. The Labute approximate surface area is 205 Å². The van der Waals surface area contributed by atoms with E-state index in [4.69, 9.17) is 5.21 Å². The molecule has 0 radical (unpaired) electrons. The van der Waals surface area contributed by atoms with Crippen LogP contribution in [0.5, 0.6) is 0 Å². The molecule has 0 fully saturated rings. The van der Waals surface area contributed by atoms with Crippen molar-refractivity contribution >= 4 is 23.5 Å². The van der Waals surface area contributed by atoms with E-state index in [1.165, 1.54) is 12.4 Å². The van der Waals surface area contributed by atoms with Crippen molar-refractivity contribution in [2.24, 2.45) is 0 Å². The molecule has 1 aromatic carbocycles. The molecule has 0 saturated carbocycles. The van der Waals surface area contributed by atoms with Crippen molar-refractivity contribution in [1.82, 2.24) is 20.8 Å². The van der Waals surface area contributed by atoms with Crippen LogP contribution in [-0.2, 0) is 4.79 Å². The van der Waals surface area contributed by atoms with Gasteiger partial charge in [0.15, 0.2) is 0 Å². The summed E-state index contributed by atoms with van der Waals surface area (Å²) in [7, 11) is 0. The summed E-state index contributed by atoms with van der Waals surface area (Å²) in [6.45, 7) is 2.54. The summed E-state index contributed by atoms with van der Waals surface area (Å²) in [5, 5.41) is 11.4. The molecule has 8 heteroatoms. The molecule has 0 atom stereocenters. The van der Waals surface area contributed by atoms with Gasteiger partial charge in [0.05, 0.1) is 16.9 Å². The first-order valence-corrected chi connectivity index (χ1v) is 11.5. The molecule has 2 aromatic rings. The Kier molecular flexibility index (Phi) is 9.78. The number of unbranched alkanes of at least 4 members (excludes halogenated alkanes) is 3. The largest absolute Gasteiger partial charge is 0.352 e. The predicted molar refractivity (Wildman–Crippen MR) is 134 cm³/mol. The summed E-state index contributed by atoms with van der Waals surface area (Å²) in [5.41, 5.74) is 11.0. The molecule has 3 N–H and O–H groups in total. The van der Waals surface area contributed by atoms with E-state index in [0.717, 1.165) is 36.2 Å². The van der Waals surface area contributed by atoms with E-state index in [0.29, 0.717) is 30.9 Å². The van der Waals surface area contributed by atoms with E-state index in [1.807, 2.05) is 54.3 Å². The first kappa shape index (κ1) is 25.4. The van der Waals surface area contributed by atoms with Gasteiger partial charge in [-0.2, -0.15) is 0 Å². The van der Waals surface area contributed by atoms with Gasteiger partial charge >= 0.3 is 0 Å². The number of hydrogen-bond acceptors (Lipinski definition) is 6. The van der Waals surface area contributed by atoms with Crippen molar-refractivity contribution in [3.63, 3.8) is 0 Å². The molecule has 1 aliphatic rings. The summed E-state index contributed by atoms with van der Waals surface area (Å²) in [5.74, 6) is -0.190. The quantitative estimate of drug-likeness (QED) is 0.194. The number of para-hydroxylation sites is 1. The number of hydrogen-bond donors (Lipinski definition) is 3. The highest BCUT2D eigenvalue weighted by atomic mass is 16.5. The Morgan fingerprint density at radius 1 is 1.03 bits per heavy atom. The van der Waals surface area contributed by atoms with Gasteiger partial charge < -0.3 is 5.32 Å². The maximum Gasteiger partial charge on any atom is 0.254 e. The number of rotatable bonds is 11. The third-order valence-corrected chi connectivity index (χ3v) is 5.30. The van der Waals surface area contributed by atoms with Gasteiger partial charge in [-0.1, -0.05) is 42.8 Å². The fraction of sp³-hybridized carbons (Fsp3) is 0.259. The first-order valence-electron chi connectivity index (χ1n) is 11.5. The van der Waals surface area contributed by atoms with Crippen molar-refractivity contribution < 1.29 is 14.8 Å². The second-order valence-electron chi connectivity index (χ2n) is 7.90. The van der Waals surface area contributed by atoms with E-state index in [2.05, 4.69) is 26.7 Å². The van der Waals surface area contributed by atoms with Gasteiger partial charge in [-0.05, 0) is 55.7 Å². The van der Waals surface area contributed by atoms with Gasteiger partial charge in [-0.25, -0.2) is 15.4 Å². The minimum Gasteiger partial charge on any atom is -0.352 e. The second kappa shape index (κ2) is 13.5. The van der Waals surface area contributed by atoms with Crippen molar-refractivity contribution in [2.75, 3.05) is 11.4 Å². The predicted octanol–water partition coefficient (Wildman–Crippen LogP) is 4.43. The van der Waals surface area contributed by atoms with Crippen LogP contribution in [-0.4, -0.2) is 33.5 Å². The Hall–Kier alpha value is -4.22. The maximum atomic E-state index is 12.5. The van der Waals surface area contributed by atoms with E-state index < -0.39 is 0 Å². The lowest BCUT2D eigenvalue weighted by Gasteiger charge is -2.24. The molecule has 0 aliphatic heterocycles. The minimum absolute atomic E-state index is 0.237. The van der Waals surface area contributed by atoms with Crippen molar-refractivity contribution in [3.05, 3.63) is 95.3 Å². The van der Waals surface area contributed by atoms with Crippen LogP contribution in [0.2, 0.25) is 0 Å². The summed E-state index contributed by atoms with van der Waals surface area (Å²) < 4.78 is 0. The molecule has 0 spiro atoms. The van der Waals surface area contributed by atoms with Crippen LogP contribution < -0.4 is 15.7 Å². The zero-order valence-electron chi connectivity index (χ0n) is 19.7. The van der Waals surface area contributed by atoms with Crippen LogP contribution in [0.15, 0.2) is 84.2 Å². The average Bonchev–Trinajstić information content (AvgIpc) is 2.85. The molecule has 2 amide bonds. The summed E-state index contributed by atoms with van der Waals surface area (Å²) in [6.07, 6.45) is 15.7. The molecule has 3 rings (SSSR count). The van der Waals surface area contributed by atoms with Gasteiger partial charge in [0, 0.05) is 25.4 Å². The van der Waals surface area contributed by atoms with Gasteiger partial charge in [0.1, 0.15) is 0 Å². The Morgan fingerprint density at radius 2 is 1.80 bits per heavy atom.